The molecule has 0 aliphatic carbocycles. The summed E-state index contributed by atoms with van der Waals surface area (Å²) in [5, 5.41) is 0. The third-order valence-electron chi connectivity index (χ3n) is 4.18. The van der Waals surface area contributed by atoms with E-state index >= 15 is 0 Å². The Morgan fingerprint density at radius 3 is 2.90 bits per heavy atom. The molecule has 0 radical (unpaired) electrons. The highest BCUT2D eigenvalue weighted by molar-refractivity contribution is 5.78. The van der Waals surface area contributed by atoms with Crippen molar-refractivity contribution < 1.29 is 9.53 Å². The fourth-order valence-corrected chi connectivity index (χ4v) is 2.97. The Hall–Kier alpha value is -1.55. The summed E-state index contributed by atoms with van der Waals surface area (Å²) in [5.74, 6) is 0.852. The van der Waals surface area contributed by atoms with E-state index < -0.39 is 0 Å². The third-order valence-corrected chi connectivity index (χ3v) is 4.18. The molecule has 4 nitrogen and oxygen atoms in total. The molecule has 1 heterocycles. The van der Waals surface area contributed by atoms with E-state index in [1.807, 2.05) is 36.1 Å². The lowest BCUT2D eigenvalue weighted by Gasteiger charge is -2.38. The van der Waals surface area contributed by atoms with Gasteiger partial charge in [0.1, 0.15) is 5.75 Å². The van der Waals surface area contributed by atoms with Gasteiger partial charge in [0.2, 0.25) is 0 Å². The first-order chi connectivity index (χ1) is 10.1. The van der Waals surface area contributed by atoms with Gasteiger partial charge in [-0.2, -0.15) is 0 Å². The fourth-order valence-electron chi connectivity index (χ4n) is 2.97. The number of carbonyl (C=O) groups is 1. The predicted octanol–water partition coefficient (Wildman–Crippen LogP) is 2.36. The number of para-hydroxylation sites is 1. The summed E-state index contributed by atoms with van der Waals surface area (Å²) in [6.07, 6.45) is 4.10. The van der Waals surface area contributed by atoms with Gasteiger partial charge in [0.25, 0.3) is 5.91 Å². The van der Waals surface area contributed by atoms with E-state index in [2.05, 4.69) is 6.92 Å². The molecule has 1 aromatic rings. The molecule has 0 saturated carbocycles. The van der Waals surface area contributed by atoms with Crippen molar-refractivity contribution in [3.05, 3.63) is 29.8 Å². The minimum absolute atomic E-state index is 0.0113. The lowest BCUT2D eigenvalue weighted by atomic mass is 9.97. The van der Waals surface area contributed by atoms with Crippen molar-refractivity contribution in [2.45, 2.75) is 51.6 Å². The van der Waals surface area contributed by atoms with Gasteiger partial charge >= 0.3 is 0 Å². The molecule has 2 N–H and O–H groups in total. The summed E-state index contributed by atoms with van der Waals surface area (Å²) in [5.41, 5.74) is 7.15. The number of nitrogens with zero attached hydrogens (tertiary/aromatic N) is 1. The molecule has 2 atom stereocenters. The number of piperidine rings is 1. The Morgan fingerprint density at radius 2 is 2.19 bits per heavy atom. The van der Waals surface area contributed by atoms with E-state index in [4.69, 9.17) is 10.5 Å². The number of nitrogens with two attached hydrogens (primary N) is 1. The Bertz CT molecular complexity index is 474. The molecule has 2 rings (SSSR count). The molecule has 1 saturated heterocycles. The molecule has 1 amide bonds. The molecule has 1 aliphatic heterocycles. The smallest absolute Gasteiger partial charge is 0.260 e. The lowest BCUT2D eigenvalue weighted by Crippen LogP contribution is -2.52. The molecule has 4 heteroatoms. The number of hydrogen-bond acceptors (Lipinski definition) is 3. The van der Waals surface area contributed by atoms with E-state index in [1.54, 1.807) is 0 Å². The minimum atomic E-state index is 0.0113. The van der Waals surface area contributed by atoms with Crippen LogP contribution in [0, 0.1) is 0 Å². The number of ether oxygens (including phenoxy) is 1. The molecule has 116 valence electrons. The molecule has 1 aromatic carbocycles. The maximum Gasteiger partial charge on any atom is 0.260 e. The first kappa shape index (κ1) is 15.8. The van der Waals surface area contributed by atoms with E-state index in [-0.39, 0.29) is 24.6 Å². The summed E-state index contributed by atoms with van der Waals surface area (Å²) in [6.45, 7) is 4.95. The summed E-state index contributed by atoms with van der Waals surface area (Å²) >= 11 is 0. The van der Waals surface area contributed by atoms with Crippen molar-refractivity contribution in [2.24, 2.45) is 5.73 Å². The SMILES string of the molecule is CCc1ccccc1OCC(=O)N1CCCCC1C(C)N. The standard InChI is InChI=1S/C17H26N2O2/c1-3-14-8-4-5-10-16(14)21-12-17(20)19-11-7-6-9-15(19)13(2)18/h4-5,8,10,13,15H,3,6-7,9,11-12,18H2,1-2H3. The van der Waals surface area contributed by atoms with Gasteiger partial charge in [0, 0.05) is 18.6 Å². The molecule has 21 heavy (non-hydrogen) atoms. The number of carbonyl (C=O) groups excluding carboxylic acids is 1. The van der Waals surface area contributed by atoms with Gasteiger partial charge in [0.15, 0.2) is 6.61 Å². The van der Waals surface area contributed by atoms with Gasteiger partial charge in [-0.05, 0) is 44.2 Å². The van der Waals surface area contributed by atoms with Crippen molar-refractivity contribution in [3.63, 3.8) is 0 Å². The van der Waals surface area contributed by atoms with Gasteiger partial charge in [0.05, 0.1) is 0 Å². The van der Waals surface area contributed by atoms with Crippen LogP contribution in [0.25, 0.3) is 0 Å². The number of rotatable bonds is 5. The molecule has 1 fully saturated rings. The van der Waals surface area contributed by atoms with E-state index in [0.29, 0.717) is 0 Å². The summed E-state index contributed by atoms with van der Waals surface area (Å²) < 4.78 is 5.74. The van der Waals surface area contributed by atoms with Crippen LogP contribution in [0.3, 0.4) is 0 Å². The summed E-state index contributed by atoms with van der Waals surface area (Å²) in [4.78, 5) is 14.3. The second-order valence-corrected chi connectivity index (χ2v) is 5.76. The first-order valence-corrected chi connectivity index (χ1v) is 7.89. The predicted molar refractivity (Wildman–Crippen MR) is 84.3 cm³/mol. The van der Waals surface area contributed by atoms with Crippen LogP contribution in [0.4, 0.5) is 0 Å². The van der Waals surface area contributed by atoms with Crippen LogP contribution < -0.4 is 10.5 Å². The average molecular weight is 290 g/mol. The van der Waals surface area contributed by atoms with Crippen molar-refractivity contribution in [3.8, 4) is 5.75 Å². The largest absolute Gasteiger partial charge is 0.483 e. The van der Waals surface area contributed by atoms with Crippen LogP contribution >= 0.6 is 0 Å². The fraction of sp³-hybridized carbons (Fsp3) is 0.588. The number of hydrogen-bond donors (Lipinski definition) is 1. The molecular weight excluding hydrogens is 264 g/mol. The van der Waals surface area contributed by atoms with Crippen LogP contribution in [0.5, 0.6) is 5.75 Å². The summed E-state index contributed by atoms with van der Waals surface area (Å²) in [6, 6.07) is 8.04. The van der Waals surface area contributed by atoms with Crippen molar-refractivity contribution in [1.29, 1.82) is 0 Å². The zero-order chi connectivity index (χ0) is 15.2. The molecular formula is C17H26N2O2. The van der Waals surface area contributed by atoms with Gasteiger partial charge in [-0.3, -0.25) is 4.79 Å². The second kappa shape index (κ2) is 7.46. The van der Waals surface area contributed by atoms with E-state index in [1.165, 1.54) is 0 Å². The average Bonchev–Trinajstić information content (AvgIpc) is 2.52. The molecule has 2 unspecified atom stereocenters. The Morgan fingerprint density at radius 1 is 1.43 bits per heavy atom. The van der Waals surface area contributed by atoms with Crippen molar-refractivity contribution in [2.75, 3.05) is 13.2 Å². The Labute approximate surface area is 127 Å². The van der Waals surface area contributed by atoms with Gasteiger partial charge in [-0.25, -0.2) is 0 Å². The number of likely N-dealkylation sites (tertiary alicyclic amines) is 1. The molecule has 0 bridgehead atoms. The Kier molecular flexibility index (Phi) is 5.62. The maximum absolute atomic E-state index is 12.4. The van der Waals surface area contributed by atoms with Crippen LogP contribution in [0.1, 0.15) is 38.7 Å². The Balaban J connectivity index is 1.97. The molecule has 0 spiro atoms. The van der Waals surface area contributed by atoms with Gasteiger partial charge in [-0.15, -0.1) is 0 Å². The third kappa shape index (κ3) is 3.97. The van der Waals surface area contributed by atoms with Crippen LogP contribution in [0.15, 0.2) is 24.3 Å². The van der Waals surface area contributed by atoms with Crippen molar-refractivity contribution in [1.82, 2.24) is 4.90 Å². The monoisotopic (exact) mass is 290 g/mol. The number of aryl methyl sites for hydroxylation is 1. The molecule has 0 aromatic heterocycles. The van der Waals surface area contributed by atoms with Crippen LogP contribution in [-0.2, 0) is 11.2 Å². The zero-order valence-corrected chi connectivity index (χ0v) is 13.0. The quantitative estimate of drug-likeness (QED) is 0.905. The molecule has 1 aliphatic rings. The van der Waals surface area contributed by atoms with Gasteiger partial charge < -0.3 is 15.4 Å². The zero-order valence-electron chi connectivity index (χ0n) is 13.0. The minimum Gasteiger partial charge on any atom is -0.483 e. The number of benzene rings is 1. The second-order valence-electron chi connectivity index (χ2n) is 5.76. The lowest BCUT2D eigenvalue weighted by molar-refractivity contribution is -0.137. The highest BCUT2D eigenvalue weighted by atomic mass is 16.5. The van der Waals surface area contributed by atoms with E-state index in [0.717, 1.165) is 43.5 Å². The highest BCUT2D eigenvalue weighted by Gasteiger charge is 2.29. The maximum atomic E-state index is 12.4. The van der Waals surface area contributed by atoms with E-state index in [9.17, 15) is 4.79 Å². The van der Waals surface area contributed by atoms with Crippen LogP contribution in [-0.4, -0.2) is 36.0 Å². The topological polar surface area (TPSA) is 55.6 Å². The van der Waals surface area contributed by atoms with Crippen LogP contribution in [0.2, 0.25) is 0 Å². The van der Waals surface area contributed by atoms with Crippen molar-refractivity contribution >= 4 is 5.91 Å². The number of amides is 1. The van der Waals surface area contributed by atoms with Gasteiger partial charge in [-0.1, -0.05) is 25.1 Å². The first-order valence-electron chi connectivity index (χ1n) is 7.89. The highest BCUT2D eigenvalue weighted by Crippen LogP contribution is 2.21. The summed E-state index contributed by atoms with van der Waals surface area (Å²) in [7, 11) is 0. The normalized spacial score (nSPS) is 20.1.